The third-order valence-corrected chi connectivity index (χ3v) is 6.14. The second-order valence-corrected chi connectivity index (χ2v) is 8.32. The molecule has 0 saturated carbocycles. The van der Waals surface area contributed by atoms with E-state index in [0.29, 0.717) is 0 Å². The number of hydrogen-bond donors (Lipinski definition) is 1. The molecule has 30 heavy (non-hydrogen) atoms. The van der Waals surface area contributed by atoms with Gasteiger partial charge in [0.1, 0.15) is 5.75 Å². The molecule has 0 spiro atoms. The topological polar surface area (TPSA) is 34.1 Å². The van der Waals surface area contributed by atoms with Crippen molar-refractivity contribution in [2.45, 2.75) is 25.8 Å². The Hall–Kier alpha value is -3.11. The summed E-state index contributed by atoms with van der Waals surface area (Å²) in [6.45, 7) is 0.750. The maximum absolute atomic E-state index is 5.24. The molecule has 0 bridgehead atoms. The number of aryl methyl sites for hydroxylation is 2. The van der Waals surface area contributed by atoms with Gasteiger partial charge in [-0.05, 0) is 41.7 Å². The molecule has 4 aromatic rings. The number of aromatic nitrogens is 1. The molecule has 4 rings (SSSR count). The van der Waals surface area contributed by atoms with E-state index in [9.17, 15) is 0 Å². The Balaban J connectivity index is 1.48. The van der Waals surface area contributed by atoms with Gasteiger partial charge in [-0.3, -0.25) is 0 Å². The maximum Gasteiger partial charge on any atom is 0.183 e. The highest BCUT2D eigenvalue weighted by Gasteiger charge is 2.12. The summed E-state index contributed by atoms with van der Waals surface area (Å²) in [4.78, 5) is 6.29. The third kappa shape index (κ3) is 5.49. The van der Waals surface area contributed by atoms with Crippen molar-refractivity contribution in [2.24, 2.45) is 0 Å². The number of ether oxygens (including phenoxy) is 1. The number of rotatable bonds is 9. The van der Waals surface area contributed by atoms with Crippen molar-refractivity contribution in [2.75, 3.05) is 12.4 Å². The van der Waals surface area contributed by atoms with Crippen LogP contribution in [0, 0.1) is 0 Å². The Morgan fingerprint density at radius 1 is 0.767 bits per heavy atom. The lowest BCUT2D eigenvalue weighted by Crippen LogP contribution is -2.00. The molecule has 0 atom stereocenters. The Morgan fingerprint density at radius 2 is 1.43 bits per heavy atom. The second-order valence-electron chi connectivity index (χ2n) is 7.24. The van der Waals surface area contributed by atoms with Gasteiger partial charge in [-0.25, -0.2) is 4.98 Å². The number of methoxy groups -OCH3 is 1. The van der Waals surface area contributed by atoms with Crippen LogP contribution in [0.3, 0.4) is 0 Å². The number of anilines is 1. The third-order valence-electron chi connectivity index (χ3n) is 5.08. The van der Waals surface area contributed by atoms with Crippen molar-refractivity contribution in [3.05, 3.63) is 112 Å². The molecule has 1 N–H and O–H groups in total. The first kappa shape index (κ1) is 20.2. The van der Waals surface area contributed by atoms with Gasteiger partial charge in [-0.15, -0.1) is 11.3 Å². The van der Waals surface area contributed by atoms with E-state index in [0.717, 1.165) is 36.7 Å². The molecule has 4 heteroatoms. The summed E-state index contributed by atoms with van der Waals surface area (Å²) in [5.74, 6) is 0.876. The van der Waals surface area contributed by atoms with Gasteiger partial charge in [-0.2, -0.15) is 0 Å². The molecule has 0 unspecified atom stereocenters. The van der Waals surface area contributed by atoms with E-state index in [-0.39, 0.29) is 0 Å². The quantitative estimate of drug-likeness (QED) is 0.357. The molecule has 0 aliphatic heterocycles. The van der Waals surface area contributed by atoms with E-state index in [1.165, 1.54) is 27.3 Å². The molecule has 0 aliphatic rings. The molecule has 3 nitrogen and oxygen atoms in total. The summed E-state index contributed by atoms with van der Waals surface area (Å²) >= 11 is 1.77. The van der Waals surface area contributed by atoms with Gasteiger partial charge in [0.2, 0.25) is 0 Å². The minimum Gasteiger partial charge on any atom is -0.497 e. The van der Waals surface area contributed by atoms with Gasteiger partial charge in [0.05, 0.1) is 12.8 Å². The van der Waals surface area contributed by atoms with E-state index in [1.54, 1.807) is 18.4 Å². The summed E-state index contributed by atoms with van der Waals surface area (Å²) in [6, 6.07) is 29.4. The molecular formula is C26H26N2OS. The van der Waals surface area contributed by atoms with Crippen LogP contribution in [0.15, 0.2) is 84.9 Å². The van der Waals surface area contributed by atoms with Gasteiger partial charge < -0.3 is 10.1 Å². The first-order chi connectivity index (χ1) is 14.8. The summed E-state index contributed by atoms with van der Waals surface area (Å²) < 4.78 is 5.24. The van der Waals surface area contributed by atoms with Gasteiger partial charge in [-0.1, -0.05) is 72.8 Å². The highest BCUT2D eigenvalue weighted by atomic mass is 32.1. The molecule has 152 valence electrons. The number of nitrogens with zero attached hydrogens (tertiary/aromatic N) is 1. The average molecular weight is 415 g/mol. The van der Waals surface area contributed by atoms with Crippen LogP contribution in [0.5, 0.6) is 5.75 Å². The molecule has 0 radical (unpaired) electrons. The van der Waals surface area contributed by atoms with E-state index in [4.69, 9.17) is 9.72 Å². The van der Waals surface area contributed by atoms with E-state index >= 15 is 0 Å². The van der Waals surface area contributed by atoms with Crippen LogP contribution >= 0.6 is 11.3 Å². The van der Waals surface area contributed by atoms with Crippen molar-refractivity contribution >= 4 is 16.5 Å². The fourth-order valence-electron chi connectivity index (χ4n) is 3.40. The highest BCUT2D eigenvalue weighted by Crippen LogP contribution is 2.27. The van der Waals surface area contributed by atoms with Gasteiger partial charge in [0, 0.05) is 17.8 Å². The average Bonchev–Trinajstić information content (AvgIpc) is 3.19. The molecule has 0 amide bonds. The first-order valence-corrected chi connectivity index (χ1v) is 11.0. The van der Waals surface area contributed by atoms with Crippen molar-refractivity contribution in [1.82, 2.24) is 4.98 Å². The smallest absolute Gasteiger partial charge is 0.183 e. The SMILES string of the molecule is COc1ccc(CNc2nc(CCc3ccccc3)c(Cc3ccccc3)s2)cc1. The molecule has 3 aromatic carbocycles. The highest BCUT2D eigenvalue weighted by molar-refractivity contribution is 7.15. The zero-order valence-electron chi connectivity index (χ0n) is 17.2. The van der Waals surface area contributed by atoms with Gasteiger partial charge in [0.25, 0.3) is 0 Å². The number of hydrogen-bond acceptors (Lipinski definition) is 4. The Bertz CT molecular complexity index is 1040. The predicted octanol–water partition coefficient (Wildman–Crippen LogP) is 6.14. The zero-order valence-corrected chi connectivity index (χ0v) is 18.0. The van der Waals surface area contributed by atoms with Crippen LogP contribution < -0.4 is 10.1 Å². The van der Waals surface area contributed by atoms with E-state index in [2.05, 4.69) is 78.1 Å². The molecule has 0 fully saturated rings. The second kappa shape index (κ2) is 10.1. The van der Waals surface area contributed by atoms with Crippen molar-refractivity contribution in [3.8, 4) is 5.75 Å². The fraction of sp³-hybridized carbons (Fsp3) is 0.192. The molecule has 1 aromatic heterocycles. The lowest BCUT2D eigenvalue weighted by atomic mass is 10.1. The molecule has 1 heterocycles. The molecule has 0 aliphatic carbocycles. The Labute approximate surface area is 182 Å². The predicted molar refractivity (Wildman–Crippen MR) is 126 cm³/mol. The van der Waals surface area contributed by atoms with Crippen LogP contribution in [0.25, 0.3) is 0 Å². The lowest BCUT2D eigenvalue weighted by Gasteiger charge is -2.04. The molecular weight excluding hydrogens is 388 g/mol. The summed E-state index contributed by atoms with van der Waals surface area (Å²) in [7, 11) is 1.69. The number of nitrogens with one attached hydrogen (secondary N) is 1. The first-order valence-electron chi connectivity index (χ1n) is 10.2. The standard InChI is InChI=1S/C26H26N2OS/c1-29-23-15-12-22(13-16-23)19-27-26-28-24(17-14-20-8-4-2-5-9-20)25(30-26)18-21-10-6-3-7-11-21/h2-13,15-16H,14,17-19H2,1H3,(H,27,28). The largest absolute Gasteiger partial charge is 0.497 e. The molecule has 0 saturated heterocycles. The number of thiazole rings is 1. The van der Waals surface area contributed by atoms with Crippen LogP contribution in [-0.2, 0) is 25.8 Å². The van der Waals surface area contributed by atoms with Crippen LogP contribution in [0.2, 0.25) is 0 Å². The van der Waals surface area contributed by atoms with Crippen molar-refractivity contribution in [3.63, 3.8) is 0 Å². The van der Waals surface area contributed by atoms with Crippen LogP contribution in [-0.4, -0.2) is 12.1 Å². The monoisotopic (exact) mass is 414 g/mol. The Morgan fingerprint density at radius 3 is 2.10 bits per heavy atom. The van der Waals surface area contributed by atoms with E-state index < -0.39 is 0 Å². The maximum atomic E-state index is 5.24. The summed E-state index contributed by atoms with van der Waals surface area (Å²) in [5, 5.41) is 4.50. The van der Waals surface area contributed by atoms with Crippen LogP contribution in [0.4, 0.5) is 5.13 Å². The van der Waals surface area contributed by atoms with Crippen LogP contribution in [0.1, 0.15) is 27.3 Å². The van der Waals surface area contributed by atoms with Crippen molar-refractivity contribution < 1.29 is 4.74 Å². The zero-order chi connectivity index (χ0) is 20.6. The minimum atomic E-state index is 0.750. The fourth-order valence-corrected chi connectivity index (χ4v) is 4.44. The van der Waals surface area contributed by atoms with Gasteiger partial charge >= 0.3 is 0 Å². The van der Waals surface area contributed by atoms with Gasteiger partial charge in [0.15, 0.2) is 5.13 Å². The minimum absolute atomic E-state index is 0.750. The Kier molecular flexibility index (Phi) is 6.78. The number of benzene rings is 3. The van der Waals surface area contributed by atoms with E-state index in [1.807, 2.05) is 12.1 Å². The van der Waals surface area contributed by atoms with Crippen molar-refractivity contribution in [1.29, 1.82) is 0 Å². The summed E-state index contributed by atoms with van der Waals surface area (Å²) in [5.41, 5.74) is 5.08. The summed E-state index contributed by atoms with van der Waals surface area (Å²) in [6.07, 6.45) is 2.88. The lowest BCUT2D eigenvalue weighted by molar-refractivity contribution is 0.414. The normalized spacial score (nSPS) is 10.7.